The zero-order valence-corrected chi connectivity index (χ0v) is 13.9. The van der Waals surface area contributed by atoms with Crippen LogP contribution in [0.25, 0.3) is 0 Å². The van der Waals surface area contributed by atoms with Gasteiger partial charge in [0.1, 0.15) is 18.8 Å². The van der Waals surface area contributed by atoms with E-state index in [4.69, 9.17) is 23.8 Å². The van der Waals surface area contributed by atoms with Crippen molar-refractivity contribution in [3.05, 3.63) is 35.9 Å². The summed E-state index contributed by atoms with van der Waals surface area (Å²) in [6, 6.07) is 9.69. The first-order valence-electron chi connectivity index (χ1n) is 7.78. The maximum Gasteiger partial charge on any atom is 0.338 e. The number of ether oxygens (including phenoxy) is 4. The fraction of sp³-hybridized carbons (Fsp3) is 0.529. The number of benzene rings is 1. The Hall–Kier alpha value is -1.96. The second-order valence-corrected chi connectivity index (χ2v) is 6.14. The number of nitrogens with zero attached hydrogens (tertiary/aromatic N) is 1. The first-order chi connectivity index (χ1) is 11.5. The van der Waals surface area contributed by atoms with E-state index in [0.717, 1.165) is 5.56 Å². The smallest absolute Gasteiger partial charge is 0.338 e. The molecule has 0 aromatic heterocycles. The summed E-state index contributed by atoms with van der Waals surface area (Å²) in [5, 5.41) is 3.95. The Kier molecular flexibility index (Phi) is 4.84. The SMILES string of the molecule is CO[C@H]1C(=O)O[C@@H]2[C@H]1OC(C)(C)O[C@@H]2C=NOCc1ccccc1. The van der Waals surface area contributed by atoms with E-state index in [1.807, 2.05) is 30.3 Å². The molecule has 0 aliphatic carbocycles. The third-order valence-electron chi connectivity index (χ3n) is 3.88. The summed E-state index contributed by atoms with van der Waals surface area (Å²) in [7, 11) is 1.45. The fourth-order valence-electron chi connectivity index (χ4n) is 2.84. The number of rotatable bonds is 5. The van der Waals surface area contributed by atoms with Gasteiger partial charge in [0, 0.05) is 7.11 Å². The maximum atomic E-state index is 11.9. The van der Waals surface area contributed by atoms with Crippen molar-refractivity contribution in [2.45, 2.75) is 50.7 Å². The second kappa shape index (κ2) is 6.88. The summed E-state index contributed by atoms with van der Waals surface area (Å²) in [5.74, 6) is -1.35. The van der Waals surface area contributed by atoms with Crippen molar-refractivity contribution in [1.82, 2.24) is 0 Å². The quantitative estimate of drug-likeness (QED) is 0.463. The van der Waals surface area contributed by atoms with Gasteiger partial charge in [-0.2, -0.15) is 0 Å². The molecule has 0 spiro atoms. The lowest BCUT2D eigenvalue weighted by atomic mass is 10.0. The summed E-state index contributed by atoms with van der Waals surface area (Å²) in [6.45, 7) is 3.88. The first kappa shape index (κ1) is 16.9. The Bertz CT molecular complexity index is 602. The molecule has 7 nitrogen and oxygen atoms in total. The van der Waals surface area contributed by atoms with E-state index in [-0.39, 0.29) is 0 Å². The van der Waals surface area contributed by atoms with Crippen LogP contribution in [0.1, 0.15) is 19.4 Å². The molecule has 1 aromatic rings. The van der Waals surface area contributed by atoms with Crippen LogP contribution in [0.5, 0.6) is 0 Å². The standard InChI is InChI=1S/C17H21NO6/c1-17(2)23-12(9-18-21-10-11-7-5-4-6-8-11)13-14(24-17)15(20-3)16(19)22-13/h4-9,12-15H,10H2,1-3H3/t12-,13+,14-,15-/m1/s1. The van der Waals surface area contributed by atoms with E-state index in [2.05, 4.69) is 5.16 Å². The van der Waals surface area contributed by atoms with Gasteiger partial charge in [-0.05, 0) is 19.4 Å². The fourth-order valence-corrected chi connectivity index (χ4v) is 2.84. The van der Waals surface area contributed by atoms with Gasteiger partial charge in [0.05, 0.1) is 6.21 Å². The Morgan fingerprint density at radius 3 is 2.67 bits per heavy atom. The molecule has 0 radical (unpaired) electrons. The van der Waals surface area contributed by atoms with Crippen LogP contribution in [0.2, 0.25) is 0 Å². The van der Waals surface area contributed by atoms with E-state index in [9.17, 15) is 4.79 Å². The highest BCUT2D eigenvalue weighted by Crippen LogP contribution is 2.35. The molecule has 0 saturated carbocycles. The lowest BCUT2D eigenvalue weighted by Gasteiger charge is -2.41. The van der Waals surface area contributed by atoms with Crippen LogP contribution in [0, 0.1) is 0 Å². The zero-order chi connectivity index (χ0) is 17.2. The van der Waals surface area contributed by atoms with Crippen molar-refractivity contribution in [1.29, 1.82) is 0 Å². The number of hydrogen-bond acceptors (Lipinski definition) is 7. The van der Waals surface area contributed by atoms with Gasteiger partial charge >= 0.3 is 5.97 Å². The molecule has 130 valence electrons. The average molecular weight is 335 g/mol. The van der Waals surface area contributed by atoms with Crippen molar-refractivity contribution in [2.24, 2.45) is 5.16 Å². The van der Waals surface area contributed by atoms with Gasteiger partial charge in [0.15, 0.2) is 18.0 Å². The molecule has 0 amide bonds. The Labute approximate surface area is 140 Å². The first-order valence-corrected chi connectivity index (χ1v) is 7.78. The zero-order valence-electron chi connectivity index (χ0n) is 13.9. The number of methoxy groups -OCH3 is 1. The molecule has 0 N–H and O–H groups in total. The van der Waals surface area contributed by atoms with Crippen LogP contribution < -0.4 is 0 Å². The molecule has 1 aromatic carbocycles. The molecule has 0 bridgehead atoms. The monoisotopic (exact) mass is 335 g/mol. The van der Waals surface area contributed by atoms with Gasteiger partial charge in [-0.3, -0.25) is 0 Å². The lowest BCUT2D eigenvalue weighted by Crippen LogP contribution is -2.55. The van der Waals surface area contributed by atoms with E-state index < -0.39 is 36.2 Å². The van der Waals surface area contributed by atoms with Gasteiger partial charge in [-0.15, -0.1) is 0 Å². The van der Waals surface area contributed by atoms with Crippen LogP contribution in [0.3, 0.4) is 0 Å². The number of oxime groups is 1. The lowest BCUT2D eigenvalue weighted by molar-refractivity contribution is -0.313. The second-order valence-electron chi connectivity index (χ2n) is 6.14. The minimum Gasteiger partial charge on any atom is -0.454 e. The van der Waals surface area contributed by atoms with Crippen LogP contribution in [-0.4, -0.2) is 49.5 Å². The molecule has 2 fully saturated rings. The molecule has 2 aliphatic heterocycles. The third kappa shape index (κ3) is 3.58. The summed E-state index contributed by atoms with van der Waals surface area (Å²) < 4.78 is 22.1. The third-order valence-corrected chi connectivity index (χ3v) is 3.88. The molecule has 3 rings (SSSR count). The molecule has 7 heteroatoms. The van der Waals surface area contributed by atoms with Crippen molar-refractivity contribution in [2.75, 3.05) is 7.11 Å². The van der Waals surface area contributed by atoms with E-state index in [1.165, 1.54) is 13.3 Å². The highest BCUT2D eigenvalue weighted by Gasteiger charge is 2.55. The minimum atomic E-state index is -0.887. The summed E-state index contributed by atoms with van der Waals surface area (Å²) in [5.41, 5.74) is 1.01. The minimum absolute atomic E-state index is 0.346. The number of esters is 1. The molecular weight excluding hydrogens is 314 g/mol. The Morgan fingerprint density at radius 2 is 1.96 bits per heavy atom. The topological polar surface area (TPSA) is 75.6 Å². The number of hydrogen-bond donors (Lipinski definition) is 0. The average Bonchev–Trinajstić information content (AvgIpc) is 2.86. The molecule has 2 aliphatic rings. The molecule has 4 atom stereocenters. The van der Waals surface area contributed by atoms with Crippen LogP contribution >= 0.6 is 0 Å². The van der Waals surface area contributed by atoms with Gasteiger partial charge in [0.2, 0.25) is 0 Å². The molecule has 0 unspecified atom stereocenters. The van der Waals surface area contributed by atoms with Crippen LogP contribution in [-0.2, 0) is 35.2 Å². The van der Waals surface area contributed by atoms with Gasteiger partial charge in [-0.25, -0.2) is 4.79 Å². The van der Waals surface area contributed by atoms with E-state index in [1.54, 1.807) is 13.8 Å². The Balaban J connectivity index is 1.65. The maximum absolute atomic E-state index is 11.9. The summed E-state index contributed by atoms with van der Waals surface area (Å²) in [6.07, 6.45) is -0.995. The highest BCUT2D eigenvalue weighted by atomic mass is 16.8. The van der Waals surface area contributed by atoms with E-state index in [0.29, 0.717) is 6.61 Å². The Morgan fingerprint density at radius 1 is 1.21 bits per heavy atom. The van der Waals surface area contributed by atoms with Crippen LogP contribution in [0.4, 0.5) is 0 Å². The number of fused-ring (bicyclic) bond motifs is 1. The predicted octanol–water partition coefficient (Wildman–Crippen LogP) is 1.65. The normalized spacial score (nSPS) is 31.7. The van der Waals surface area contributed by atoms with E-state index >= 15 is 0 Å². The summed E-state index contributed by atoms with van der Waals surface area (Å²) >= 11 is 0. The number of carbonyl (C=O) groups is 1. The largest absolute Gasteiger partial charge is 0.454 e. The molecule has 2 heterocycles. The van der Waals surface area contributed by atoms with Crippen molar-refractivity contribution in [3.8, 4) is 0 Å². The highest BCUT2D eigenvalue weighted by molar-refractivity contribution is 5.79. The molecule has 24 heavy (non-hydrogen) atoms. The van der Waals surface area contributed by atoms with Crippen molar-refractivity contribution in [3.63, 3.8) is 0 Å². The molecule has 2 saturated heterocycles. The van der Waals surface area contributed by atoms with Gasteiger partial charge < -0.3 is 23.8 Å². The van der Waals surface area contributed by atoms with Gasteiger partial charge in [-0.1, -0.05) is 35.5 Å². The predicted molar refractivity (Wildman–Crippen MR) is 84.2 cm³/mol. The van der Waals surface area contributed by atoms with Crippen molar-refractivity contribution >= 4 is 12.2 Å². The summed E-state index contributed by atoms with van der Waals surface area (Å²) in [4.78, 5) is 17.2. The van der Waals surface area contributed by atoms with Gasteiger partial charge in [0.25, 0.3) is 0 Å². The van der Waals surface area contributed by atoms with Crippen molar-refractivity contribution < 1.29 is 28.6 Å². The molecular formula is C17H21NO6. The van der Waals surface area contributed by atoms with Crippen LogP contribution in [0.15, 0.2) is 35.5 Å². The number of carbonyl (C=O) groups excluding carboxylic acids is 1.